The zero-order chi connectivity index (χ0) is 23.8. The summed E-state index contributed by atoms with van der Waals surface area (Å²) in [6.07, 6.45) is 3.76. The number of fused-ring (bicyclic) bond motifs is 1. The van der Waals surface area contributed by atoms with Gasteiger partial charge in [0.1, 0.15) is 11.6 Å². The standard InChI is InChI=1S/C23H35BrN2O6/c1-5-8-10-25(9-6-2)21(29)19-23-11-14(24)18(32-23)16(22(30)31)17(23)20(28)26(19)15(12-27)13(4)7-3/h6,13-19,27H,2,5,7-12H2,1,3-4H3,(H,30,31)/t13-,14?,15-,16-,17+,18-,19-,23+/m0/s1. The molecule has 3 aliphatic rings. The lowest BCUT2D eigenvalue weighted by Crippen LogP contribution is -2.60. The van der Waals surface area contributed by atoms with Crippen LogP contribution in [0.4, 0.5) is 0 Å². The smallest absolute Gasteiger partial charge is 0.310 e. The second kappa shape index (κ2) is 9.81. The first-order valence-corrected chi connectivity index (χ1v) is 12.5. The van der Waals surface area contributed by atoms with Crippen molar-refractivity contribution in [3.63, 3.8) is 0 Å². The highest BCUT2D eigenvalue weighted by Gasteiger charge is 2.77. The minimum absolute atomic E-state index is 0.0711. The highest BCUT2D eigenvalue weighted by atomic mass is 79.9. The van der Waals surface area contributed by atoms with Gasteiger partial charge in [0.2, 0.25) is 11.8 Å². The molecular formula is C23H35BrN2O6. The maximum absolute atomic E-state index is 14.0. The SMILES string of the molecule is C=CCN(CCCC)C(=O)[C@@H]1N([C@@H](CO)[C@@H](C)CC)C(=O)[C@H]2[C@H](C(=O)O)[C@H]3O[C@@]12CC3Br. The molecule has 3 fully saturated rings. The summed E-state index contributed by atoms with van der Waals surface area (Å²) in [6, 6.07) is -1.57. The summed E-state index contributed by atoms with van der Waals surface area (Å²) < 4.78 is 6.30. The number of hydrogen-bond acceptors (Lipinski definition) is 5. The molecule has 32 heavy (non-hydrogen) atoms. The minimum atomic E-state index is -1.22. The Bertz CT molecular complexity index is 763. The Hall–Kier alpha value is -1.45. The van der Waals surface area contributed by atoms with Crippen LogP contribution in [0.2, 0.25) is 0 Å². The third-order valence-electron chi connectivity index (χ3n) is 7.53. The fourth-order valence-electron chi connectivity index (χ4n) is 5.77. The van der Waals surface area contributed by atoms with Crippen LogP contribution in [0.15, 0.2) is 12.7 Å². The van der Waals surface area contributed by atoms with Crippen LogP contribution in [-0.4, -0.2) is 86.1 Å². The van der Waals surface area contributed by atoms with Gasteiger partial charge < -0.3 is 24.7 Å². The number of nitrogens with zero attached hydrogens (tertiary/aromatic N) is 2. The number of hydrogen-bond donors (Lipinski definition) is 2. The van der Waals surface area contributed by atoms with E-state index in [1.54, 1.807) is 11.0 Å². The lowest BCUT2D eigenvalue weighted by molar-refractivity contribution is -0.154. The predicted octanol–water partition coefficient (Wildman–Crippen LogP) is 2.04. The van der Waals surface area contributed by atoms with Crippen molar-refractivity contribution >= 4 is 33.7 Å². The van der Waals surface area contributed by atoms with E-state index in [2.05, 4.69) is 22.5 Å². The summed E-state index contributed by atoms with van der Waals surface area (Å²) in [5.74, 6) is -3.79. The molecule has 0 aromatic carbocycles. The first-order chi connectivity index (χ1) is 15.2. The number of unbranched alkanes of at least 4 members (excludes halogenated alkanes) is 1. The number of carbonyl (C=O) groups excluding carboxylic acids is 2. The fourth-order valence-corrected chi connectivity index (χ4v) is 6.71. The van der Waals surface area contributed by atoms with E-state index < -0.39 is 47.5 Å². The van der Waals surface area contributed by atoms with Gasteiger partial charge in [0.05, 0.1) is 30.6 Å². The summed E-state index contributed by atoms with van der Waals surface area (Å²) in [6.45, 7) is 10.2. The topological polar surface area (TPSA) is 107 Å². The zero-order valence-electron chi connectivity index (χ0n) is 19.1. The fraction of sp³-hybridized carbons (Fsp3) is 0.783. The number of rotatable bonds is 11. The van der Waals surface area contributed by atoms with Crippen LogP contribution in [0.1, 0.15) is 46.5 Å². The molecule has 3 saturated heterocycles. The summed E-state index contributed by atoms with van der Waals surface area (Å²) in [4.78, 5) is 42.9. The average Bonchev–Trinajstić information content (AvgIpc) is 3.35. The Kier molecular flexibility index (Phi) is 7.72. The number of aliphatic carboxylic acids is 1. The van der Waals surface area contributed by atoms with Crippen molar-refractivity contribution in [1.29, 1.82) is 0 Å². The van der Waals surface area contributed by atoms with Gasteiger partial charge >= 0.3 is 5.97 Å². The number of aliphatic hydroxyl groups excluding tert-OH is 1. The number of ether oxygens (including phenoxy) is 1. The summed E-state index contributed by atoms with van der Waals surface area (Å²) >= 11 is 3.55. The molecule has 3 aliphatic heterocycles. The Balaban J connectivity index is 2.12. The Morgan fingerprint density at radius 1 is 1.44 bits per heavy atom. The Morgan fingerprint density at radius 2 is 2.12 bits per heavy atom. The number of carboxylic acids is 1. The molecule has 3 heterocycles. The Labute approximate surface area is 198 Å². The van der Waals surface area contributed by atoms with Gasteiger partial charge in [-0.05, 0) is 18.8 Å². The van der Waals surface area contributed by atoms with E-state index in [0.717, 1.165) is 12.8 Å². The number of likely N-dealkylation sites (tertiary alicyclic amines) is 1. The molecule has 1 unspecified atom stereocenters. The van der Waals surface area contributed by atoms with E-state index in [-0.39, 0.29) is 23.3 Å². The molecule has 180 valence electrons. The highest BCUT2D eigenvalue weighted by Crippen LogP contribution is 2.60. The summed E-state index contributed by atoms with van der Waals surface area (Å²) in [7, 11) is 0. The third-order valence-corrected chi connectivity index (χ3v) is 8.38. The van der Waals surface area contributed by atoms with Crippen LogP contribution >= 0.6 is 15.9 Å². The van der Waals surface area contributed by atoms with Crippen LogP contribution in [0.25, 0.3) is 0 Å². The number of aliphatic hydroxyl groups is 1. The van der Waals surface area contributed by atoms with Crippen LogP contribution in [-0.2, 0) is 19.1 Å². The van der Waals surface area contributed by atoms with E-state index >= 15 is 0 Å². The lowest BCUT2D eigenvalue weighted by Gasteiger charge is -2.41. The average molecular weight is 515 g/mol. The van der Waals surface area contributed by atoms with Gasteiger partial charge in [-0.1, -0.05) is 55.6 Å². The highest BCUT2D eigenvalue weighted by molar-refractivity contribution is 9.09. The van der Waals surface area contributed by atoms with E-state index in [1.165, 1.54) is 4.90 Å². The number of alkyl halides is 1. The number of carboxylic acid groups (broad SMARTS) is 1. The van der Waals surface area contributed by atoms with E-state index in [9.17, 15) is 24.6 Å². The van der Waals surface area contributed by atoms with Crippen molar-refractivity contribution in [2.45, 2.75) is 75.1 Å². The molecule has 0 radical (unpaired) electrons. The quantitative estimate of drug-likeness (QED) is 0.322. The van der Waals surface area contributed by atoms with Crippen molar-refractivity contribution < 1.29 is 29.3 Å². The van der Waals surface area contributed by atoms with Crippen molar-refractivity contribution in [3.8, 4) is 0 Å². The first kappa shape index (κ1) is 25.2. The van der Waals surface area contributed by atoms with Crippen LogP contribution < -0.4 is 0 Å². The van der Waals surface area contributed by atoms with Gasteiger partial charge in [0.25, 0.3) is 0 Å². The van der Waals surface area contributed by atoms with Crippen molar-refractivity contribution in [1.82, 2.24) is 9.80 Å². The lowest BCUT2D eigenvalue weighted by atomic mass is 9.70. The van der Waals surface area contributed by atoms with E-state index in [4.69, 9.17) is 4.74 Å². The first-order valence-electron chi connectivity index (χ1n) is 11.6. The van der Waals surface area contributed by atoms with Crippen LogP contribution in [0, 0.1) is 17.8 Å². The second-order valence-corrected chi connectivity index (χ2v) is 10.5. The molecule has 8 nitrogen and oxygen atoms in total. The van der Waals surface area contributed by atoms with Crippen molar-refractivity contribution in [3.05, 3.63) is 12.7 Å². The van der Waals surface area contributed by atoms with Crippen LogP contribution in [0.5, 0.6) is 0 Å². The van der Waals surface area contributed by atoms with E-state index in [1.807, 2.05) is 20.8 Å². The van der Waals surface area contributed by atoms with Gasteiger partial charge in [0.15, 0.2) is 0 Å². The molecule has 2 N–H and O–H groups in total. The maximum atomic E-state index is 14.0. The molecule has 2 bridgehead atoms. The molecule has 3 rings (SSSR count). The van der Waals surface area contributed by atoms with Gasteiger partial charge in [-0.2, -0.15) is 0 Å². The number of carbonyl (C=O) groups is 3. The summed E-state index contributed by atoms with van der Waals surface area (Å²) in [5.41, 5.74) is -1.22. The largest absolute Gasteiger partial charge is 0.481 e. The predicted molar refractivity (Wildman–Crippen MR) is 122 cm³/mol. The summed E-state index contributed by atoms with van der Waals surface area (Å²) in [5, 5.41) is 20.2. The molecular weight excluding hydrogens is 480 g/mol. The van der Waals surface area contributed by atoms with Gasteiger partial charge in [-0.15, -0.1) is 6.58 Å². The molecule has 1 spiro atoms. The van der Waals surface area contributed by atoms with Gasteiger partial charge in [0, 0.05) is 17.9 Å². The van der Waals surface area contributed by atoms with Gasteiger partial charge in [-0.25, -0.2) is 0 Å². The number of halogens is 1. The Morgan fingerprint density at radius 3 is 2.66 bits per heavy atom. The van der Waals surface area contributed by atoms with Gasteiger partial charge in [-0.3, -0.25) is 14.4 Å². The second-order valence-electron chi connectivity index (χ2n) is 9.31. The molecule has 0 aromatic rings. The maximum Gasteiger partial charge on any atom is 0.310 e. The minimum Gasteiger partial charge on any atom is -0.481 e. The molecule has 2 amide bonds. The third kappa shape index (κ3) is 3.80. The normalized spacial score (nSPS) is 35.0. The number of amides is 2. The van der Waals surface area contributed by atoms with Crippen LogP contribution in [0.3, 0.4) is 0 Å². The monoisotopic (exact) mass is 514 g/mol. The molecule has 0 saturated carbocycles. The van der Waals surface area contributed by atoms with Crippen molar-refractivity contribution in [2.75, 3.05) is 19.7 Å². The van der Waals surface area contributed by atoms with E-state index in [0.29, 0.717) is 25.9 Å². The van der Waals surface area contributed by atoms with Crippen molar-refractivity contribution in [2.24, 2.45) is 17.8 Å². The molecule has 9 heteroatoms. The zero-order valence-corrected chi connectivity index (χ0v) is 20.7. The molecule has 0 aliphatic carbocycles. The molecule has 0 aromatic heterocycles. The molecule has 8 atom stereocenters.